The Balaban J connectivity index is 4.59. The zero-order valence-corrected chi connectivity index (χ0v) is 21.8. The average Bonchev–Trinajstić information content (AvgIpc) is 2.80. The highest BCUT2D eigenvalue weighted by Gasteiger charge is 2.35. The van der Waals surface area contributed by atoms with E-state index in [1.807, 2.05) is 20.8 Å². The lowest BCUT2D eigenvalue weighted by atomic mass is 10.1. The summed E-state index contributed by atoms with van der Waals surface area (Å²) in [6, 6.07) is 0. The molecule has 0 saturated heterocycles. The summed E-state index contributed by atoms with van der Waals surface area (Å²) in [4.78, 5) is 35.3. The first kappa shape index (κ1) is 30.5. The molecule has 0 aliphatic heterocycles. The quantitative estimate of drug-likeness (QED) is 0.127. The summed E-state index contributed by atoms with van der Waals surface area (Å²) in [5.41, 5.74) is 0. The predicted molar refractivity (Wildman–Crippen MR) is 121 cm³/mol. The van der Waals surface area contributed by atoms with Crippen LogP contribution in [-0.2, 0) is 41.9 Å². The van der Waals surface area contributed by atoms with Crippen molar-refractivity contribution in [3.8, 4) is 0 Å². The number of rotatable bonds is 18. The molecule has 0 N–H and O–H groups in total. The fraction of sp³-hybridized carbons (Fsp3) is 0.864. The summed E-state index contributed by atoms with van der Waals surface area (Å²) in [6.07, 6.45) is 2.09. The number of ether oxygens (including phenoxy) is 3. The second-order valence-electron chi connectivity index (χ2n) is 7.84. The number of carbonyl (C=O) groups is 3. The Hall–Kier alpha value is -1.49. The van der Waals surface area contributed by atoms with Gasteiger partial charge in [-0.2, -0.15) is 0 Å². The van der Waals surface area contributed by atoms with E-state index in [1.165, 1.54) is 0 Å². The minimum absolute atomic E-state index is 0.0739. The van der Waals surface area contributed by atoms with Crippen molar-refractivity contribution < 1.29 is 41.9 Å². The minimum atomic E-state index is -3.15. The molecule has 3 unspecified atom stereocenters. The Morgan fingerprint density at radius 1 is 0.562 bits per heavy atom. The second-order valence-corrected chi connectivity index (χ2v) is 10.4. The molecule has 0 fully saturated rings. The molecule has 3 atom stereocenters. The van der Waals surface area contributed by atoms with Crippen LogP contribution < -0.4 is 0 Å². The molecule has 0 amide bonds. The van der Waals surface area contributed by atoms with Crippen molar-refractivity contribution in [1.82, 2.24) is 0 Å². The van der Waals surface area contributed by atoms with Crippen molar-refractivity contribution in [2.75, 3.05) is 39.6 Å². The molecule has 0 saturated carbocycles. The largest absolute Gasteiger partial charge is 0.498 e. The maximum Gasteiger partial charge on any atom is 0.498 e. The third kappa shape index (κ3) is 13.1. The van der Waals surface area contributed by atoms with Gasteiger partial charge in [0.2, 0.25) is 0 Å². The molecule has 0 aliphatic rings. The fourth-order valence-corrected chi connectivity index (χ4v) is 3.77. The molecular weight excluding hydrogens is 436 g/mol. The van der Waals surface area contributed by atoms with Gasteiger partial charge in [-0.05, 0) is 19.3 Å². The zero-order valence-electron chi connectivity index (χ0n) is 20.8. The van der Waals surface area contributed by atoms with Crippen LogP contribution in [0.5, 0.6) is 0 Å². The van der Waals surface area contributed by atoms with Crippen LogP contribution >= 0.6 is 0 Å². The molecule has 0 aromatic heterocycles. The summed E-state index contributed by atoms with van der Waals surface area (Å²) >= 11 is 0. The molecule has 0 aliphatic carbocycles. The third-order valence-corrected chi connectivity index (χ3v) is 7.31. The summed E-state index contributed by atoms with van der Waals surface area (Å²) in [5.74, 6) is -1.37. The molecule has 0 aromatic carbocycles. The van der Waals surface area contributed by atoms with E-state index in [9.17, 15) is 14.4 Å². The monoisotopic (exact) mass is 478 g/mol. The van der Waals surface area contributed by atoms with Crippen LogP contribution in [0.3, 0.4) is 0 Å². The van der Waals surface area contributed by atoms with Crippen molar-refractivity contribution >= 4 is 26.7 Å². The first-order valence-corrected chi connectivity index (χ1v) is 13.7. The average molecular weight is 479 g/mol. The van der Waals surface area contributed by atoms with E-state index in [4.69, 9.17) is 27.5 Å². The van der Waals surface area contributed by atoms with Crippen molar-refractivity contribution in [3.05, 3.63) is 0 Å². The summed E-state index contributed by atoms with van der Waals surface area (Å²) in [6.45, 7) is 13.4. The van der Waals surface area contributed by atoms with Gasteiger partial charge in [0, 0.05) is 6.55 Å². The van der Waals surface area contributed by atoms with Gasteiger partial charge in [0.25, 0.3) is 0 Å². The van der Waals surface area contributed by atoms with Gasteiger partial charge in [0.15, 0.2) is 0 Å². The number of hydrogen-bond donors (Lipinski definition) is 0. The molecule has 32 heavy (non-hydrogen) atoms. The fourth-order valence-electron chi connectivity index (χ4n) is 2.16. The second kappa shape index (κ2) is 17.0. The van der Waals surface area contributed by atoms with Gasteiger partial charge in [0.05, 0.1) is 37.6 Å². The van der Waals surface area contributed by atoms with Crippen molar-refractivity contribution in [1.29, 1.82) is 0 Å². The topological polar surface area (TPSA) is 107 Å². The van der Waals surface area contributed by atoms with Gasteiger partial charge >= 0.3 is 26.7 Å². The smallest absolute Gasteiger partial charge is 0.463 e. The molecule has 0 aromatic rings. The summed E-state index contributed by atoms with van der Waals surface area (Å²) in [5, 5.41) is 0. The van der Waals surface area contributed by atoms with Crippen LogP contribution in [0.1, 0.15) is 60.8 Å². The first-order chi connectivity index (χ1) is 15.1. The standard InChI is InChI=1S/C22H42O9Si/c1-8-17(4)20(23)26-11-14-29-32(7,30-15-12-27-21(24)18(5)9-2)31-16-13-28-22(25)19(6)10-3/h17-19H,8-16H2,1-7H3. The van der Waals surface area contributed by atoms with Crippen LogP contribution in [0.25, 0.3) is 0 Å². The van der Waals surface area contributed by atoms with Crippen molar-refractivity contribution in [3.63, 3.8) is 0 Å². The molecular formula is C22H42O9Si. The number of hydrogen-bond acceptors (Lipinski definition) is 9. The molecule has 0 rings (SSSR count). The van der Waals surface area contributed by atoms with E-state index < -0.39 is 8.80 Å². The van der Waals surface area contributed by atoms with Gasteiger partial charge in [-0.25, -0.2) is 0 Å². The van der Waals surface area contributed by atoms with Crippen LogP contribution in [0, 0.1) is 17.8 Å². The molecule has 0 heterocycles. The lowest BCUT2D eigenvalue weighted by molar-refractivity contribution is -0.149. The summed E-state index contributed by atoms with van der Waals surface area (Å²) in [7, 11) is -3.15. The Morgan fingerprint density at radius 3 is 1.03 bits per heavy atom. The molecule has 0 radical (unpaired) electrons. The predicted octanol–water partition coefficient (Wildman–Crippen LogP) is 3.37. The normalized spacial score (nSPS) is 15.8. The third-order valence-electron chi connectivity index (χ3n) is 5.12. The van der Waals surface area contributed by atoms with E-state index in [1.54, 1.807) is 27.3 Å². The van der Waals surface area contributed by atoms with E-state index in [2.05, 4.69) is 0 Å². The lowest BCUT2D eigenvalue weighted by Crippen LogP contribution is -2.45. The highest BCUT2D eigenvalue weighted by molar-refractivity contribution is 6.59. The maximum atomic E-state index is 11.8. The Bertz CT molecular complexity index is 481. The van der Waals surface area contributed by atoms with E-state index >= 15 is 0 Å². The van der Waals surface area contributed by atoms with Gasteiger partial charge in [0.1, 0.15) is 19.8 Å². The van der Waals surface area contributed by atoms with Crippen molar-refractivity contribution in [2.45, 2.75) is 67.4 Å². The Morgan fingerprint density at radius 2 is 0.812 bits per heavy atom. The van der Waals surface area contributed by atoms with E-state index in [0.29, 0.717) is 19.3 Å². The zero-order chi connectivity index (χ0) is 24.6. The van der Waals surface area contributed by atoms with Crippen LogP contribution in [-0.4, -0.2) is 66.4 Å². The van der Waals surface area contributed by atoms with Gasteiger partial charge in [-0.1, -0.05) is 41.5 Å². The van der Waals surface area contributed by atoms with Gasteiger partial charge < -0.3 is 27.5 Å². The molecule has 9 nitrogen and oxygen atoms in total. The van der Waals surface area contributed by atoms with Gasteiger partial charge in [-0.3, -0.25) is 14.4 Å². The van der Waals surface area contributed by atoms with E-state index in [-0.39, 0.29) is 75.3 Å². The van der Waals surface area contributed by atoms with Crippen LogP contribution in [0.4, 0.5) is 0 Å². The van der Waals surface area contributed by atoms with Crippen LogP contribution in [0.15, 0.2) is 0 Å². The van der Waals surface area contributed by atoms with E-state index in [0.717, 1.165) is 0 Å². The van der Waals surface area contributed by atoms with Crippen molar-refractivity contribution in [2.24, 2.45) is 17.8 Å². The first-order valence-electron chi connectivity index (χ1n) is 11.5. The maximum absolute atomic E-state index is 11.8. The molecule has 0 bridgehead atoms. The Kier molecular flexibility index (Phi) is 16.2. The Labute approximate surface area is 193 Å². The SMILES string of the molecule is CCC(C)C(=O)OCCO[Si](C)(OCCOC(=O)C(C)CC)OCCOC(=O)C(C)CC. The summed E-state index contributed by atoms with van der Waals surface area (Å²) < 4.78 is 32.9. The molecule has 188 valence electrons. The number of carbonyl (C=O) groups excluding carboxylic acids is 3. The lowest BCUT2D eigenvalue weighted by Gasteiger charge is -2.26. The molecule has 0 spiro atoms. The minimum Gasteiger partial charge on any atom is -0.463 e. The van der Waals surface area contributed by atoms with Gasteiger partial charge in [-0.15, -0.1) is 0 Å². The number of esters is 3. The molecule has 10 heteroatoms. The highest BCUT2D eigenvalue weighted by atomic mass is 28.4. The highest BCUT2D eigenvalue weighted by Crippen LogP contribution is 2.11. The van der Waals surface area contributed by atoms with Crippen LogP contribution in [0.2, 0.25) is 6.55 Å².